The Balaban J connectivity index is 2.35. The van der Waals surface area contributed by atoms with Crippen LogP contribution >= 0.6 is 0 Å². The van der Waals surface area contributed by atoms with E-state index in [0.29, 0.717) is 12.0 Å². The monoisotopic (exact) mass is 238 g/mol. The van der Waals surface area contributed by atoms with E-state index in [1.54, 1.807) is 14.2 Å². The lowest BCUT2D eigenvalue weighted by Gasteiger charge is -2.32. The second-order valence-electron chi connectivity index (χ2n) is 4.44. The maximum Gasteiger partial charge on any atom is 0.322 e. The van der Waals surface area contributed by atoms with Crippen LogP contribution in [0.15, 0.2) is 0 Å². The normalized spacial score (nSPS) is 18.8. The zero-order chi connectivity index (χ0) is 12.3. The Hall–Kier alpha value is -1.43. The van der Waals surface area contributed by atoms with Crippen LogP contribution in [0.3, 0.4) is 0 Å². The number of aromatic nitrogens is 3. The molecule has 1 saturated heterocycles. The highest BCUT2D eigenvalue weighted by Gasteiger charge is 2.32. The van der Waals surface area contributed by atoms with Crippen molar-refractivity contribution in [3.05, 3.63) is 5.82 Å². The van der Waals surface area contributed by atoms with Gasteiger partial charge in [-0.15, -0.1) is 4.98 Å². The highest BCUT2D eigenvalue weighted by atomic mass is 16.5. The van der Waals surface area contributed by atoms with Crippen LogP contribution in [0.25, 0.3) is 0 Å². The van der Waals surface area contributed by atoms with Gasteiger partial charge in [0.05, 0.1) is 14.2 Å². The number of hydrogen-bond donors (Lipinski definition) is 1. The molecule has 1 aliphatic heterocycles. The molecule has 1 aliphatic rings. The Labute approximate surface area is 101 Å². The van der Waals surface area contributed by atoms with Crippen molar-refractivity contribution in [2.75, 3.05) is 27.3 Å². The molecule has 0 atom stereocenters. The number of methoxy groups -OCH3 is 2. The molecule has 0 amide bonds. The van der Waals surface area contributed by atoms with Crippen LogP contribution in [0.1, 0.15) is 25.6 Å². The number of rotatable bonds is 3. The molecule has 2 rings (SSSR count). The number of nitrogens with zero attached hydrogens (tertiary/aromatic N) is 3. The molecule has 0 aromatic carbocycles. The van der Waals surface area contributed by atoms with E-state index in [1.807, 2.05) is 0 Å². The van der Waals surface area contributed by atoms with Gasteiger partial charge >= 0.3 is 12.0 Å². The molecule has 6 nitrogen and oxygen atoms in total. The lowest BCUT2D eigenvalue weighted by molar-refractivity contribution is 0.291. The standard InChI is InChI=1S/C11H18N4O2/c1-11(4-6-12-7-5-11)8-13-9(16-2)15-10(14-8)17-3/h12H,4-7H2,1-3H3. The molecule has 0 saturated carbocycles. The average molecular weight is 238 g/mol. The predicted molar refractivity (Wildman–Crippen MR) is 62.4 cm³/mol. The molecule has 1 aromatic heterocycles. The maximum atomic E-state index is 5.08. The summed E-state index contributed by atoms with van der Waals surface area (Å²) < 4.78 is 10.2. The van der Waals surface area contributed by atoms with Gasteiger partial charge in [-0.3, -0.25) is 0 Å². The van der Waals surface area contributed by atoms with Crippen LogP contribution in [0.5, 0.6) is 12.0 Å². The smallest absolute Gasteiger partial charge is 0.322 e. The first-order valence-electron chi connectivity index (χ1n) is 5.73. The Morgan fingerprint density at radius 2 is 1.53 bits per heavy atom. The van der Waals surface area contributed by atoms with Gasteiger partial charge in [-0.1, -0.05) is 6.92 Å². The van der Waals surface area contributed by atoms with Crippen molar-refractivity contribution in [3.63, 3.8) is 0 Å². The first-order chi connectivity index (χ1) is 8.18. The van der Waals surface area contributed by atoms with E-state index in [-0.39, 0.29) is 5.41 Å². The number of hydrogen-bond acceptors (Lipinski definition) is 6. The van der Waals surface area contributed by atoms with Crippen LogP contribution in [0.2, 0.25) is 0 Å². The first-order valence-corrected chi connectivity index (χ1v) is 5.73. The summed E-state index contributed by atoms with van der Waals surface area (Å²) in [5.41, 5.74) is -0.0330. The van der Waals surface area contributed by atoms with E-state index in [1.165, 1.54) is 0 Å². The third kappa shape index (κ3) is 2.46. The van der Waals surface area contributed by atoms with Crippen LogP contribution in [0.4, 0.5) is 0 Å². The largest absolute Gasteiger partial charge is 0.467 e. The van der Waals surface area contributed by atoms with Crippen molar-refractivity contribution in [2.45, 2.75) is 25.2 Å². The van der Waals surface area contributed by atoms with E-state index in [9.17, 15) is 0 Å². The van der Waals surface area contributed by atoms with Crippen molar-refractivity contribution in [2.24, 2.45) is 0 Å². The number of piperidine rings is 1. The zero-order valence-electron chi connectivity index (χ0n) is 10.5. The highest BCUT2D eigenvalue weighted by Crippen LogP contribution is 2.31. The third-order valence-electron chi connectivity index (χ3n) is 3.21. The Morgan fingerprint density at radius 1 is 1.00 bits per heavy atom. The molecular formula is C11H18N4O2. The summed E-state index contributed by atoms with van der Waals surface area (Å²) in [4.78, 5) is 12.7. The van der Waals surface area contributed by atoms with Gasteiger partial charge in [0.25, 0.3) is 0 Å². The molecular weight excluding hydrogens is 220 g/mol. The summed E-state index contributed by atoms with van der Waals surface area (Å²) in [7, 11) is 3.09. The van der Waals surface area contributed by atoms with Crippen LogP contribution < -0.4 is 14.8 Å². The first kappa shape index (κ1) is 12.0. The highest BCUT2D eigenvalue weighted by molar-refractivity contribution is 5.14. The molecule has 94 valence electrons. The molecule has 1 fully saturated rings. The minimum atomic E-state index is -0.0330. The summed E-state index contributed by atoms with van der Waals surface area (Å²) in [6.45, 7) is 4.13. The lowest BCUT2D eigenvalue weighted by Crippen LogP contribution is -2.39. The second kappa shape index (κ2) is 4.83. The van der Waals surface area contributed by atoms with E-state index in [0.717, 1.165) is 31.8 Å². The van der Waals surface area contributed by atoms with Gasteiger partial charge in [0.15, 0.2) is 0 Å². The zero-order valence-corrected chi connectivity index (χ0v) is 10.5. The van der Waals surface area contributed by atoms with Gasteiger partial charge in [-0.2, -0.15) is 9.97 Å². The summed E-state index contributed by atoms with van der Waals surface area (Å²) in [5.74, 6) is 0.753. The second-order valence-corrected chi connectivity index (χ2v) is 4.44. The third-order valence-corrected chi connectivity index (χ3v) is 3.21. The molecule has 17 heavy (non-hydrogen) atoms. The lowest BCUT2D eigenvalue weighted by atomic mass is 9.80. The molecule has 6 heteroatoms. The fraction of sp³-hybridized carbons (Fsp3) is 0.727. The minimum Gasteiger partial charge on any atom is -0.467 e. The van der Waals surface area contributed by atoms with Gasteiger partial charge in [0.2, 0.25) is 0 Å². The average Bonchev–Trinajstić information content (AvgIpc) is 2.39. The minimum absolute atomic E-state index is 0.0330. The molecule has 0 unspecified atom stereocenters. The molecule has 0 radical (unpaired) electrons. The summed E-state index contributed by atoms with van der Waals surface area (Å²) in [5, 5.41) is 3.33. The number of ether oxygens (including phenoxy) is 2. The maximum absolute atomic E-state index is 5.08. The SMILES string of the molecule is COc1nc(OC)nc(C2(C)CCNCC2)n1. The van der Waals surface area contributed by atoms with Crippen LogP contribution in [0, 0.1) is 0 Å². The predicted octanol–water partition coefficient (Wildman–Crippen LogP) is 0.530. The van der Waals surface area contributed by atoms with Crippen molar-refractivity contribution < 1.29 is 9.47 Å². The fourth-order valence-electron chi connectivity index (χ4n) is 1.99. The van der Waals surface area contributed by atoms with Crippen molar-refractivity contribution >= 4 is 0 Å². The Morgan fingerprint density at radius 3 is 2.00 bits per heavy atom. The molecule has 0 bridgehead atoms. The van der Waals surface area contributed by atoms with Gasteiger partial charge in [-0.05, 0) is 25.9 Å². The van der Waals surface area contributed by atoms with Crippen LogP contribution in [-0.4, -0.2) is 42.3 Å². The van der Waals surface area contributed by atoms with E-state index < -0.39 is 0 Å². The quantitative estimate of drug-likeness (QED) is 0.828. The molecule has 2 heterocycles. The molecule has 0 spiro atoms. The van der Waals surface area contributed by atoms with E-state index >= 15 is 0 Å². The van der Waals surface area contributed by atoms with Crippen molar-refractivity contribution in [3.8, 4) is 12.0 Å². The van der Waals surface area contributed by atoms with Gasteiger partial charge in [0.1, 0.15) is 5.82 Å². The van der Waals surface area contributed by atoms with Crippen molar-refractivity contribution in [1.82, 2.24) is 20.3 Å². The van der Waals surface area contributed by atoms with E-state index in [4.69, 9.17) is 9.47 Å². The number of nitrogens with one attached hydrogen (secondary N) is 1. The molecule has 1 N–H and O–H groups in total. The summed E-state index contributed by atoms with van der Waals surface area (Å²) in [6, 6.07) is 0.623. The Bertz CT molecular complexity index is 369. The van der Waals surface area contributed by atoms with Gasteiger partial charge < -0.3 is 14.8 Å². The van der Waals surface area contributed by atoms with Crippen molar-refractivity contribution in [1.29, 1.82) is 0 Å². The van der Waals surface area contributed by atoms with Gasteiger partial charge in [0, 0.05) is 5.41 Å². The van der Waals surface area contributed by atoms with Crippen LogP contribution in [-0.2, 0) is 5.41 Å². The summed E-state index contributed by atoms with van der Waals surface area (Å²) >= 11 is 0. The topological polar surface area (TPSA) is 69.2 Å². The molecule has 0 aliphatic carbocycles. The Kier molecular flexibility index (Phi) is 3.42. The van der Waals surface area contributed by atoms with E-state index in [2.05, 4.69) is 27.2 Å². The van der Waals surface area contributed by atoms with Gasteiger partial charge in [-0.25, -0.2) is 0 Å². The molecule has 1 aromatic rings. The fourth-order valence-corrected chi connectivity index (χ4v) is 1.99. The summed E-state index contributed by atoms with van der Waals surface area (Å²) in [6.07, 6.45) is 2.01.